The topological polar surface area (TPSA) is 88.1 Å². The number of methoxy groups -OCH3 is 1. The summed E-state index contributed by atoms with van der Waals surface area (Å²) in [6.45, 7) is 2.89. The Kier molecular flexibility index (Phi) is 3.45. The molecule has 118 valence electrons. The van der Waals surface area contributed by atoms with Crippen molar-refractivity contribution in [1.29, 1.82) is 0 Å². The van der Waals surface area contributed by atoms with Crippen molar-refractivity contribution >= 4 is 21.8 Å². The third-order valence-electron chi connectivity index (χ3n) is 3.93. The Labute approximate surface area is 129 Å². The lowest BCUT2D eigenvalue weighted by atomic mass is 9.96. The molecule has 1 aromatic carbocycles. The molecule has 2 aliphatic rings. The lowest BCUT2D eigenvalue weighted by Gasteiger charge is -2.46. The van der Waals surface area contributed by atoms with Crippen LogP contribution in [-0.4, -0.2) is 57.4 Å². The first-order chi connectivity index (χ1) is 10.3. The first-order valence-electron chi connectivity index (χ1n) is 6.84. The number of aliphatic imine (C=N–C) groups is 1. The number of hydrogen-bond acceptors (Lipinski definition) is 5. The predicted octanol–water partition coefficient (Wildman–Crippen LogP) is -0.0276. The molecule has 1 fully saturated rings. The molecule has 2 aliphatic heterocycles. The van der Waals surface area contributed by atoms with Gasteiger partial charge < -0.3 is 9.64 Å². The lowest BCUT2D eigenvalue weighted by molar-refractivity contribution is -0.156. The average Bonchev–Trinajstić information content (AvgIpc) is 2.73. The molecular formula is C14H17N3O4S. The summed E-state index contributed by atoms with van der Waals surface area (Å²) in [4.78, 5) is 18.0. The minimum absolute atomic E-state index is 0.0913. The van der Waals surface area contributed by atoms with Crippen LogP contribution in [0.4, 0.5) is 0 Å². The summed E-state index contributed by atoms with van der Waals surface area (Å²) in [7, 11) is -1.95. The monoisotopic (exact) mass is 323 g/mol. The van der Waals surface area contributed by atoms with Crippen LogP contribution in [0.3, 0.4) is 0 Å². The number of likely N-dealkylation sites (tertiary alicyclic amines) is 1. The molecule has 0 bridgehead atoms. The van der Waals surface area contributed by atoms with Crippen LogP contribution in [0.5, 0.6) is 0 Å². The fraction of sp³-hybridized carbons (Fsp3) is 0.429. The third kappa shape index (κ3) is 2.48. The molecular weight excluding hydrogens is 306 g/mol. The van der Waals surface area contributed by atoms with Gasteiger partial charge in [0.1, 0.15) is 12.4 Å². The van der Waals surface area contributed by atoms with Crippen LogP contribution in [0.25, 0.3) is 0 Å². The van der Waals surface area contributed by atoms with E-state index in [0.29, 0.717) is 18.7 Å². The molecule has 3 rings (SSSR count). The van der Waals surface area contributed by atoms with Gasteiger partial charge in [-0.3, -0.25) is 14.5 Å². The summed E-state index contributed by atoms with van der Waals surface area (Å²) in [5.74, 6) is 0.0737. The number of amides is 1. The normalized spacial score (nSPS) is 22.8. The molecule has 7 nitrogen and oxygen atoms in total. The Morgan fingerprint density at radius 1 is 1.41 bits per heavy atom. The largest absolute Gasteiger partial charge is 0.375 e. The molecule has 22 heavy (non-hydrogen) atoms. The first kappa shape index (κ1) is 15.0. The summed E-state index contributed by atoms with van der Waals surface area (Å²) in [6.07, 6.45) is 0. The molecule has 0 aromatic heterocycles. The molecule has 2 heterocycles. The van der Waals surface area contributed by atoms with E-state index >= 15 is 0 Å². The zero-order valence-electron chi connectivity index (χ0n) is 12.4. The average molecular weight is 323 g/mol. The summed E-state index contributed by atoms with van der Waals surface area (Å²) >= 11 is 0. The van der Waals surface area contributed by atoms with E-state index in [-0.39, 0.29) is 28.8 Å². The van der Waals surface area contributed by atoms with E-state index < -0.39 is 10.0 Å². The highest BCUT2D eigenvalue weighted by Crippen LogP contribution is 2.24. The highest BCUT2D eigenvalue weighted by atomic mass is 32.2. The zero-order valence-corrected chi connectivity index (χ0v) is 13.2. The molecule has 0 aliphatic carbocycles. The minimum Gasteiger partial charge on any atom is -0.375 e. The third-order valence-corrected chi connectivity index (χ3v) is 5.33. The molecule has 1 amide bonds. The van der Waals surface area contributed by atoms with Crippen LogP contribution in [-0.2, 0) is 19.6 Å². The van der Waals surface area contributed by atoms with E-state index in [2.05, 4.69) is 9.71 Å². The van der Waals surface area contributed by atoms with Gasteiger partial charge in [0.05, 0.1) is 23.6 Å². The van der Waals surface area contributed by atoms with Crippen molar-refractivity contribution in [2.45, 2.75) is 17.4 Å². The van der Waals surface area contributed by atoms with Crippen molar-refractivity contribution in [3.8, 4) is 0 Å². The minimum atomic E-state index is -3.56. The van der Waals surface area contributed by atoms with Gasteiger partial charge in [0, 0.05) is 12.7 Å². The smallest absolute Gasteiger partial charge is 0.263 e. The number of ether oxygens (including phenoxy) is 1. The van der Waals surface area contributed by atoms with Crippen LogP contribution in [0.1, 0.15) is 12.5 Å². The van der Waals surface area contributed by atoms with Crippen molar-refractivity contribution < 1.29 is 17.9 Å². The Hall–Kier alpha value is -1.93. The van der Waals surface area contributed by atoms with E-state index in [1.165, 1.54) is 6.07 Å². The van der Waals surface area contributed by atoms with Crippen LogP contribution < -0.4 is 4.72 Å². The van der Waals surface area contributed by atoms with Gasteiger partial charge in [0.25, 0.3) is 10.0 Å². The number of carbonyl (C=O) groups is 1. The second kappa shape index (κ2) is 5.06. The Balaban J connectivity index is 1.72. The van der Waals surface area contributed by atoms with Crippen molar-refractivity contribution in [3.05, 3.63) is 29.8 Å². The van der Waals surface area contributed by atoms with E-state index in [9.17, 15) is 13.2 Å². The van der Waals surface area contributed by atoms with Crippen molar-refractivity contribution in [2.24, 2.45) is 4.99 Å². The van der Waals surface area contributed by atoms with E-state index in [4.69, 9.17) is 4.74 Å². The maximum atomic E-state index is 12.0. The second-order valence-electron chi connectivity index (χ2n) is 5.67. The van der Waals surface area contributed by atoms with Crippen molar-refractivity contribution in [2.75, 3.05) is 26.7 Å². The molecule has 0 atom stereocenters. The van der Waals surface area contributed by atoms with Gasteiger partial charge in [-0.15, -0.1) is 0 Å². The Morgan fingerprint density at radius 2 is 2.09 bits per heavy atom. The summed E-state index contributed by atoms with van der Waals surface area (Å²) in [5.41, 5.74) is 0.213. The highest BCUT2D eigenvalue weighted by molar-refractivity contribution is 7.90. The molecule has 8 heteroatoms. The van der Waals surface area contributed by atoms with E-state index in [0.717, 1.165) is 0 Å². The van der Waals surface area contributed by atoms with Gasteiger partial charge in [-0.25, -0.2) is 8.42 Å². The molecule has 1 N–H and O–H groups in total. The van der Waals surface area contributed by atoms with Gasteiger partial charge >= 0.3 is 0 Å². The fourth-order valence-electron chi connectivity index (χ4n) is 2.56. The molecule has 0 saturated carbocycles. The zero-order chi connectivity index (χ0) is 16.0. The second-order valence-corrected chi connectivity index (χ2v) is 7.32. The predicted molar refractivity (Wildman–Crippen MR) is 80.2 cm³/mol. The standard InChI is InChI=1S/C14H17N3O4S/c1-14(21-2)8-17(9-14)12(18)7-15-13-10-5-3-4-6-11(10)22(19,20)16-13/h3-6H,7-9H2,1-2H3,(H,15,16). The van der Waals surface area contributed by atoms with Crippen LogP contribution in [0.2, 0.25) is 0 Å². The summed E-state index contributed by atoms with van der Waals surface area (Å²) in [6, 6.07) is 6.57. The number of nitrogens with one attached hydrogen (secondary N) is 1. The molecule has 1 saturated heterocycles. The van der Waals surface area contributed by atoms with Gasteiger partial charge in [-0.2, -0.15) is 0 Å². The molecule has 0 spiro atoms. The number of hydrogen-bond donors (Lipinski definition) is 1. The van der Waals surface area contributed by atoms with Crippen LogP contribution >= 0.6 is 0 Å². The lowest BCUT2D eigenvalue weighted by Crippen LogP contribution is -2.63. The highest BCUT2D eigenvalue weighted by Gasteiger charge is 2.41. The van der Waals surface area contributed by atoms with Crippen molar-refractivity contribution in [1.82, 2.24) is 9.62 Å². The number of fused-ring (bicyclic) bond motifs is 1. The fourth-order valence-corrected chi connectivity index (χ4v) is 3.82. The van der Waals surface area contributed by atoms with Crippen LogP contribution in [0, 0.1) is 0 Å². The Bertz CT molecular complexity index is 751. The number of sulfonamides is 1. The van der Waals surface area contributed by atoms with Gasteiger partial charge in [0.15, 0.2) is 0 Å². The summed E-state index contributed by atoms with van der Waals surface area (Å²) in [5, 5.41) is 0. The van der Waals surface area contributed by atoms with E-state index in [1.54, 1.807) is 30.2 Å². The quantitative estimate of drug-likeness (QED) is 0.846. The molecule has 1 aromatic rings. The first-order valence-corrected chi connectivity index (χ1v) is 8.33. The molecule has 0 unspecified atom stereocenters. The number of benzene rings is 1. The van der Waals surface area contributed by atoms with E-state index in [1.807, 2.05) is 6.92 Å². The Morgan fingerprint density at radius 3 is 2.77 bits per heavy atom. The molecule has 0 radical (unpaired) electrons. The summed E-state index contributed by atoms with van der Waals surface area (Å²) < 4.78 is 31.5. The number of nitrogens with zero attached hydrogens (tertiary/aromatic N) is 2. The van der Waals surface area contributed by atoms with Gasteiger partial charge in [0.2, 0.25) is 5.91 Å². The number of amidine groups is 1. The number of carbonyl (C=O) groups excluding carboxylic acids is 1. The maximum absolute atomic E-state index is 12.0. The maximum Gasteiger partial charge on any atom is 0.263 e. The SMILES string of the molecule is COC1(C)CN(C(=O)CN=C2NS(=O)(=O)c3ccccc32)C1. The number of rotatable bonds is 3. The van der Waals surface area contributed by atoms with Crippen LogP contribution in [0.15, 0.2) is 34.2 Å². The van der Waals surface area contributed by atoms with Gasteiger partial charge in [-0.1, -0.05) is 12.1 Å². The van der Waals surface area contributed by atoms with Gasteiger partial charge in [-0.05, 0) is 19.1 Å². The van der Waals surface area contributed by atoms with Crippen molar-refractivity contribution in [3.63, 3.8) is 0 Å².